The fourth-order valence-electron chi connectivity index (χ4n) is 15.9. The van der Waals surface area contributed by atoms with Crippen molar-refractivity contribution in [3.63, 3.8) is 0 Å². The fourth-order valence-corrected chi connectivity index (χ4v) is 19.7. The number of likely N-dealkylation sites (tertiary alicyclic amines) is 3. The van der Waals surface area contributed by atoms with Gasteiger partial charge in [0.2, 0.25) is 62.4 Å². The molecule has 6 fully saturated rings. The summed E-state index contributed by atoms with van der Waals surface area (Å²) in [4.78, 5) is 36.5. The Kier molecular flexibility index (Phi) is 30.9. The first kappa shape index (κ1) is 97.7. The van der Waals surface area contributed by atoms with E-state index in [9.17, 15) is 35.5 Å². The number of aryl methyl sites for hydroxylation is 6. The van der Waals surface area contributed by atoms with Gasteiger partial charge >= 0.3 is 0 Å². The second-order valence-corrected chi connectivity index (χ2v) is 45.7. The molecule has 129 heavy (non-hydrogen) atoms. The van der Waals surface area contributed by atoms with Crippen molar-refractivity contribution in [3.8, 4) is 17.2 Å². The van der Waals surface area contributed by atoms with Crippen LogP contribution in [0.3, 0.4) is 0 Å². The number of nitrogens with one attached hydrogen (secondary N) is 6. The smallest absolute Gasteiger partial charge is 0.229 e. The summed E-state index contributed by atoms with van der Waals surface area (Å²) in [6.07, 6.45) is 22.4. The van der Waals surface area contributed by atoms with Gasteiger partial charge in [-0.2, -0.15) is 30.2 Å². The number of ether oxygens (including phenoxy) is 3. The van der Waals surface area contributed by atoms with Crippen LogP contribution in [0, 0.1) is 20.8 Å². The van der Waals surface area contributed by atoms with E-state index in [-0.39, 0.29) is 113 Å². The second kappa shape index (κ2) is 40.7. The van der Waals surface area contributed by atoms with Gasteiger partial charge in [-0.15, -0.1) is 0 Å². The van der Waals surface area contributed by atoms with Crippen LogP contribution in [0.5, 0.6) is 17.2 Å². The van der Waals surface area contributed by atoms with Crippen LogP contribution in [0.2, 0.25) is 15.1 Å². The van der Waals surface area contributed by atoms with Crippen molar-refractivity contribution in [2.45, 2.75) is 245 Å². The zero-order valence-corrected chi connectivity index (χ0v) is 82.0. The zero-order valence-electron chi connectivity index (χ0n) is 77.3. The molecule has 0 radical (unpaired) electrons. The van der Waals surface area contributed by atoms with Gasteiger partial charge in [0.1, 0.15) is 32.3 Å². The first-order valence-corrected chi connectivity index (χ1v) is 50.3. The minimum absolute atomic E-state index is 0.0518. The largest absolute Gasteiger partial charge is 0.488 e. The Morgan fingerprint density at radius 1 is 0.442 bits per heavy atom. The number of rotatable bonds is 34. The number of aromatic nitrogens is 12. The molecule has 39 heteroatoms. The molecule has 0 spiro atoms. The highest BCUT2D eigenvalue weighted by atomic mass is 35.5. The van der Waals surface area contributed by atoms with Crippen LogP contribution < -0.4 is 46.1 Å². The molecule has 3 aliphatic carbocycles. The third-order valence-corrected chi connectivity index (χ3v) is 31.6. The van der Waals surface area contributed by atoms with Crippen LogP contribution in [0.1, 0.15) is 197 Å². The molecule has 1 unspecified atom stereocenters. The van der Waals surface area contributed by atoms with Crippen molar-refractivity contribution in [1.29, 1.82) is 0 Å². The van der Waals surface area contributed by atoms with E-state index in [4.69, 9.17) is 49.0 Å². The molecule has 1 atom stereocenters. The average molecular weight is 1900 g/mol. The monoisotopic (exact) mass is 1890 g/mol. The van der Waals surface area contributed by atoms with Crippen LogP contribution in [0.4, 0.5) is 69.4 Å². The highest BCUT2D eigenvalue weighted by Gasteiger charge is 2.38. The Labute approximate surface area is 774 Å². The molecule has 15 rings (SSSR count). The van der Waals surface area contributed by atoms with Crippen LogP contribution in [-0.4, -0.2) is 239 Å². The summed E-state index contributed by atoms with van der Waals surface area (Å²) in [6.45, 7) is 32.8. The summed E-state index contributed by atoms with van der Waals surface area (Å²) in [5.41, 5.74) is 10.00. The Morgan fingerprint density at radius 3 is 1.07 bits per heavy atom. The lowest BCUT2D eigenvalue weighted by Gasteiger charge is -2.43. The van der Waals surface area contributed by atoms with E-state index in [2.05, 4.69) is 196 Å². The number of hydrogen-bond acceptors (Lipinski definition) is 30. The normalized spacial score (nSPS) is 17.3. The number of benzene rings is 3. The van der Waals surface area contributed by atoms with E-state index >= 15 is 0 Å². The third kappa shape index (κ3) is 24.2. The van der Waals surface area contributed by atoms with E-state index < -0.39 is 45.3 Å². The molecular weight excluding hydrogens is 1770 g/mol. The lowest BCUT2D eigenvalue weighted by Crippen LogP contribution is -2.50. The van der Waals surface area contributed by atoms with Gasteiger partial charge in [0.15, 0.2) is 17.5 Å². The first-order valence-electron chi connectivity index (χ1n) is 44.5. The highest BCUT2D eigenvalue weighted by Crippen LogP contribution is 2.46. The highest BCUT2D eigenvalue weighted by molar-refractivity contribution is 7.92. The molecule has 6 aliphatic rings. The van der Waals surface area contributed by atoms with Gasteiger partial charge < -0.3 is 66.1 Å². The number of nitrogens with zero attached hydrogens (tertiary/aromatic N) is 16. The Morgan fingerprint density at radius 2 is 0.760 bits per heavy atom. The summed E-state index contributed by atoms with van der Waals surface area (Å²) in [5, 5.41) is 50.0. The number of piperidine rings is 3. The molecule has 3 saturated heterocycles. The number of anilines is 12. The van der Waals surface area contributed by atoms with Crippen molar-refractivity contribution in [3.05, 3.63) is 122 Å². The second-order valence-electron chi connectivity index (χ2n) is 37.2. The van der Waals surface area contributed by atoms with E-state index in [1.165, 1.54) is 54.9 Å². The topological polar surface area (TPSA) is 387 Å². The van der Waals surface area contributed by atoms with E-state index in [0.29, 0.717) is 29.4 Å². The van der Waals surface area contributed by atoms with E-state index in [0.717, 1.165) is 175 Å². The van der Waals surface area contributed by atoms with Gasteiger partial charge in [-0.3, -0.25) is 23.8 Å². The summed E-state index contributed by atoms with van der Waals surface area (Å²) in [5.74, 6) is 5.17. The average Bonchev–Trinajstić information content (AvgIpc) is 0.855. The Bertz CT molecular complexity index is 5830. The Balaban J connectivity index is 0.000000165. The molecule has 0 amide bonds. The van der Waals surface area contributed by atoms with Gasteiger partial charge in [-0.1, -0.05) is 34.8 Å². The molecule has 6 aromatic heterocycles. The lowest BCUT2D eigenvalue weighted by atomic mass is 9.85. The van der Waals surface area contributed by atoms with Gasteiger partial charge in [0.05, 0.1) is 100.0 Å². The van der Waals surface area contributed by atoms with Crippen molar-refractivity contribution in [1.82, 2.24) is 78.8 Å². The summed E-state index contributed by atoms with van der Waals surface area (Å²) < 4.78 is 101. The number of aliphatic hydroxyl groups excluding tert-OH is 2. The maximum absolute atomic E-state index is 12.9. The fraction of sp³-hybridized carbons (Fsp3) is 0.567. The molecule has 9 aromatic rings. The predicted octanol–water partition coefficient (Wildman–Crippen LogP) is 15.8. The minimum Gasteiger partial charge on any atom is -0.488 e. The molecule has 8 N–H and O–H groups in total. The van der Waals surface area contributed by atoms with Crippen LogP contribution >= 0.6 is 34.8 Å². The summed E-state index contributed by atoms with van der Waals surface area (Å²) in [7, 11) is -1.70. The number of likely N-dealkylation sites (N-methyl/N-ethyl adjacent to an activating group) is 1. The molecule has 702 valence electrons. The number of aliphatic hydroxyl groups is 2. The van der Waals surface area contributed by atoms with Crippen LogP contribution in [0.25, 0.3) is 0 Å². The van der Waals surface area contributed by atoms with Gasteiger partial charge in [0.25, 0.3) is 0 Å². The Hall–Kier alpha value is -8.79. The maximum Gasteiger partial charge on any atom is 0.229 e. The van der Waals surface area contributed by atoms with E-state index in [1.807, 2.05) is 0 Å². The minimum atomic E-state index is -3.65. The predicted molar refractivity (Wildman–Crippen MR) is 508 cm³/mol. The van der Waals surface area contributed by atoms with Crippen molar-refractivity contribution >= 4 is 134 Å². The van der Waals surface area contributed by atoms with Crippen LogP contribution in [-0.2, 0) is 50.7 Å². The molecular formula is C90H127Cl3N22O11S3. The standard InChI is InChI=1S/C30H43ClN8O3S.2C30H42ClN7O4S/c1-19(2)43(40,41)29-26(18-38(6)36-29)33-28-24(31)17-32-30(35-28)34-25-15-20(3)23(16-27(25)42-22-7-8-22)21-9-11-39(12-10-21)14-13-37(4)5;1-18(2)43(40,41)28-25(16-37(6)36-28)33-27-23(31)15-32-29(35-27)34-24-13-19(3)22(14-26(24)42-21-7-8-21)20-9-11-38(12-10-20)30(4,5)17-39;1-18(2)43(40,41)28-25(16-37(6)36-28)33-27-23(31)14-32-29(35-27)34-24-12-19(3)22(13-26(24)42-21-9-10-21)20-8-7-11-38(15-20)30(4,5)17-39/h15-19,21-22H,7-14H2,1-6H3,(H2,32,33,34,35);13-16,18,20-21,39H,7-12,17H2,1-6H3,(H2,32,33,34,35);12-14,16,18,20-21,39H,7-11,15,17H2,1-6H3,(H2,32,33,34,35). The number of hydrogen-bond donors (Lipinski definition) is 8. The van der Waals surface area contributed by atoms with Crippen molar-refractivity contribution in [2.75, 3.05) is 112 Å². The first-order chi connectivity index (χ1) is 61.0. The summed E-state index contributed by atoms with van der Waals surface area (Å²) >= 11 is 19.3. The molecule has 33 nitrogen and oxygen atoms in total. The van der Waals surface area contributed by atoms with Gasteiger partial charge in [0, 0.05) is 70.4 Å². The molecule has 3 aliphatic heterocycles. The van der Waals surface area contributed by atoms with Crippen molar-refractivity contribution < 1.29 is 49.7 Å². The number of sulfone groups is 3. The van der Waals surface area contributed by atoms with Gasteiger partial charge in [-0.05, 0) is 301 Å². The molecule has 9 heterocycles. The zero-order chi connectivity index (χ0) is 93.1. The van der Waals surface area contributed by atoms with Gasteiger partial charge in [-0.25, -0.2) is 40.2 Å². The lowest BCUT2D eigenvalue weighted by molar-refractivity contribution is 0.0355. The molecule has 0 bridgehead atoms. The quantitative estimate of drug-likeness (QED) is 0.0186. The van der Waals surface area contributed by atoms with Crippen molar-refractivity contribution in [2.24, 2.45) is 21.1 Å². The van der Waals surface area contributed by atoms with E-state index in [1.54, 1.807) is 81.3 Å². The van der Waals surface area contributed by atoms with Crippen LogP contribution in [0.15, 0.2) is 88.7 Å². The molecule has 3 aromatic carbocycles. The SMILES string of the molecule is Cc1cc(Nc2ncc(Cl)c(Nc3cn(C)nc3S(=O)(=O)C(C)C)n2)c(OC2CC2)cc1C1CCCN(C(C)(C)CO)C1.Cc1cc(Nc2ncc(Cl)c(Nc3cn(C)nc3S(=O)(=O)C(C)C)n2)c(OC2CC2)cc1C1CCN(C(C)(C)CO)CC1.Cc1cc(Nc2ncc(Cl)c(Nc3cn(C)nc3S(=O)(=O)C(C)C)n2)c(OC2CC2)cc1C1CCN(CCN(C)C)CC1. The molecule has 3 saturated carbocycles. The summed E-state index contributed by atoms with van der Waals surface area (Å²) in [6, 6.07) is 12.8. The maximum atomic E-state index is 12.9. The third-order valence-electron chi connectivity index (χ3n) is 24.5. The number of halogens is 3.